The number of phenols is 5. The number of hydrogen-bond acceptors (Lipinski definition) is 13. The van der Waals surface area contributed by atoms with E-state index in [9.17, 15) is 55.5 Å². The van der Waals surface area contributed by atoms with Gasteiger partial charge >= 0.3 is 0 Å². The first-order chi connectivity index (χ1) is 15.9. The highest BCUT2D eigenvalue weighted by atomic mass is 16.6. The van der Waals surface area contributed by atoms with Crippen molar-refractivity contribution in [2.75, 3.05) is 0 Å². The van der Waals surface area contributed by atoms with E-state index in [1.54, 1.807) is 0 Å². The van der Waals surface area contributed by atoms with Gasteiger partial charge in [-0.25, -0.2) is 0 Å². The summed E-state index contributed by atoms with van der Waals surface area (Å²) in [4.78, 5) is 25.9. The average molecular weight is 478 g/mol. The molecule has 0 radical (unpaired) electrons. The van der Waals surface area contributed by atoms with Gasteiger partial charge in [-0.15, -0.1) is 0 Å². The van der Waals surface area contributed by atoms with Gasteiger partial charge in [0.25, 0.3) is 0 Å². The van der Waals surface area contributed by atoms with Crippen LogP contribution in [0.2, 0.25) is 0 Å². The van der Waals surface area contributed by atoms with Crippen molar-refractivity contribution >= 4 is 16.8 Å². The molecular formula is C21H18O13. The lowest BCUT2D eigenvalue weighted by atomic mass is 9.91. The molecule has 1 saturated heterocycles. The molecule has 180 valence electrons. The summed E-state index contributed by atoms with van der Waals surface area (Å²) in [6, 6.07) is 4.17. The van der Waals surface area contributed by atoms with Gasteiger partial charge in [0.05, 0.1) is 0 Å². The predicted octanol–water partition coefficient (Wildman–Crippen LogP) is -1.03. The van der Waals surface area contributed by atoms with E-state index < -0.39 is 87.2 Å². The number of ether oxygens (including phenoxy) is 1. The number of carbonyl (C=O) groups is 1. The number of phenolic OH excluding ortho intramolecular Hbond substituents is 5. The minimum atomic E-state index is -2.12. The Morgan fingerprint density at radius 1 is 0.794 bits per heavy atom. The van der Waals surface area contributed by atoms with E-state index in [0.29, 0.717) is 0 Å². The summed E-state index contributed by atoms with van der Waals surface area (Å²) < 4.78 is 10.4. The Hall–Kier alpha value is -3.88. The highest BCUT2D eigenvalue weighted by Gasteiger charge is 2.47. The first-order valence-corrected chi connectivity index (χ1v) is 9.63. The highest BCUT2D eigenvalue weighted by molar-refractivity contribution is 6.13. The predicted molar refractivity (Wildman–Crippen MR) is 109 cm³/mol. The number of benzene rings is 2. The van der Waals surface area contributed by atoms with Gasteiger partial charge in [0, 0.05) is 11.6 Å². The maximum Gasteiger partial charge on any atom is 0.202 e. The van der Waals surface area contributed by atoms with Gasteiger partial charge in [-0.1, -0.05) is 0 Å². The lowest BCUT2D eigenvalue weighted by Crippen LogP contribution is -2.59. The van der Waals surface area contributed by atoms with E-state index >= 15 is 0 Å². The number of carbonyl (C=O) groups excluding carboxylic acids is 1. The van der Waals surface area contributed by atoms with Crippen LogP contribution in [0.3, 0.4) is 0 Å². The van der Waals surface area contributed by atoms with Crippen molar-refractivity contribution in [3.63, 3.8) is 0 Å². The monoisotopic (exact) mass is 478 g/mol. The van der Waals surface area contributed by atoms with Gasteiger partial charge in [0.2, 0.25) is 11.5 Å². The fourth-order valence-corrected chi connectivity index (χ4v) is 3.62. The Morgan fingerprint density at radius 3 is 2.12 bits per heavy atom. The number of aliphatic hydroxyl groups is 4. The molecule has 3 aromatic rings. The van der Waals surface area contributed by atoms with Crippen molar-refractivity contribution in [2.45, 2.75) is 30.7 Å². The summed E-state index contributed by atoms with van der Waals surface area (Å²) in [5, 5.41) is 88.6. The van der Waals surface area contributed by atoms with Crippen molar-refractivity contribution in [1.82, 2.24) is 0 Å². The number of aliphatic hydroxyl groups excluding tert-OH is 4. The molecule has 2 aromatic carbocycles. The number of Topliss-reactive ketones (excluding diaryl/α,β-unsaturated/α-hetero) is 1. The molecule has 0 aliphatic carbocycles. The van der Waals surface area contributed by atoms with E-state index in [1.807, 2.05) is 0 Å². The number of ketones is 1. The summed E-state index contributed by atoms with van der Waals surface area (Å²) in [7, 11) is 0. The van der Waals surface area contributed by atoms with Gasteiger partial charge in [-0.05, 0) is 18.2 Å². The van der Waals surface area contributed by atoms with E-state index in [4.69, 9.17) is 9.15 Å². The normalized spacial score (nSPS) is 24.9. The lowest BCUT2D eigenvalue weighted by molar-refractivity contribution is -0.269. The molecule has 13 nitrogen and oxygen atoms in total. The molecule has 4 rings (SSSR count). The lowest BCUT2D eigenvalue weighted by Gasteiger charge is -2.37. The SMILES string of the molecule is O=C(c1c(O)c(O)c(O)c2c(=O)cc(-c3ccc(O)c(O)c3)oc12)[C@H]1O[C@@H](O)[C@H](O)[C@@H](O)[C@@H]1O. The molecule has 0 bridgehead atoms. The van der Waals surface area contributed by atoms with Crippen LogP contribution in [0.15, 0.2) is 33.5 Å². The third-order valence-electron chi connectivity index (χ3n) is 5.45. The fraction of sp³-hybridized carbons (Fsp3) is 0.238. The van der Waals surface area contributed by atoms with Crippen molar-refractivity contribution in [3.8, 4) is 40.1 Å². The molecule has 0 unspecified atom stereocenters. The Labute approximate surface area is 188 Å². The van der Waals surface area contributed by atoms with Crippen LogP contribution in [0.25, 0.3) is 22.3 Å². The number of hydrogen-bond donors (Lipinski definition) is 9. The Morgan fingerprint density at radius 2 is 1.47 bits per heavy atom. The van der Waals surface area contributed by atoms with Crippen LogP contribution in [-0.4, -0.2) is 82.4 Å². The first-order valence-electron chi connectivity index (χ1n) is 9.63. The summed E-state index contributed by atoms with van der Waals surface area (Å²) >= 11 is 0. The van der Waals surface area contributed by atoms with Crippen molar-refractivity contribution in [2.24, 2.45) is 0 Å². The Kier molecular flexibility index (Phi) is 5.59. The summed E-state index contributed by atoms with van der Waals surface area (Å²) in [6.45, 7) is 0. The summed E-state index contributed by atoms with van der Waals surface area (Å²) in [5.41, 5.74) is -2.68. The molecular weight excluding hydrogens is 460 g/mol. The molecule has 2 heterocycles. The molecule has 5 atom stereocenters. The molecule has 34 heavy (non-hydrogen) atoms. The Bertz CT molecular complexity index is 1360. The third-order valence-corrected chi connectivity index (χ3v) is 5.45. The van der Waals surface area contributed by atoms with E-state index in [-0.39, 0.29) is 11.3 Å². The van der Waals surface area contributed by atoms with Crippen LogP contribution in [0.1, 0.15) is 10.4 Å². The van der Waals surface area contributed by atoms with Gasteiger partial charge in [0.1, 0.15) is 35.0 Å². The standard InChI is InChI=1S/C21H18O13/c22-6-2-1-5(3-7(6)23)9-4-8(24)10-12(25)15(28)13(26)11(19(10)33-9)14(27)20-17(30)16(29)18(31)21(32)34-20/h1-4,16-18,20-23,25-26,28-32H/t16-,17-,18+,20+,21+/m0/s1. The maximum atomic E-state index is 13.2. The van der Waals surface area contributed by atoms with Crippen LogP contribution in [0.4, 0.5) is 0 Å². The molecule has 13 heteroatoms. The van der Waals surface area contributed by atoms with E-state index in [1.165, 1.54) is 6.07 Å². The number of aromatic hydroxyl groups is 5. The minimum absolute atomic E-state index is 0.0303. The second-order valence-electron chi connectivity index (χ2n) is 7.59. The summed E-state index contributed by atoms with van der Waals surface area (Å²) in [5.74, 6) is -6.41. The van der Waals surface area contributed by atoms with Gasteiger partial charge in [0.15, 0.2) is 46.4 Å². The molecule has 1 aliphatic rings. The molecule has 0 saturated carbocycles. The van der Waals surface area contributed by atoms with Gasteiger partial charge < -0.3 is 55.1 Å². The van der Waals surface area contributed by atoms with Crippen molar-refractivity contribution < 1.29 is 59.9 Å². The zero-order valence-electron chi connectivity index (χ0n) is 16.9. The van der Waals surface area contributed by atoms with Crippen LogP contribution >= 0.6 is 0 Å². The zero-order chi connectivity index (χ0) is 25.1. The van der Waals surface area contributed by atoms with Crippen LogP contribution in [0, 0.1) is 0 Å². The van der Waals surface area contributed by atoms with Crippen LogP contribution < -0.4 is 5.43 Å². The first kappa shape index (κ1) is 23.3. The number of rotatable bonds is 3. The summed E-state index contributed by atoms with van der Waals surface area (Å²) in [6.07, 6.45) is -10.3. The smallest absolute Gasteiger partial charge is 0.202 e. The van der Waals surface area contributed by atoms with Crippen molar-refractivity contribution in [1.29, 1.82) is 0 Å². The highest BCUT2D eigenvalue weighted by Crippen LogP contribution is 2.45. The zero-order valence-corrected chi connectivity index (χ0v) is 16.9. The molecule has 0 amide bonds. The quantitative estimate of drug-likeness (QED) is 0.162. The van der Waals surface area contributed by atoms with Gasteiger partial charge in [-0.2, -0.15) is 0 Å². The fourth-order valence-electron chi connectivity index (χ4n) is 3.62. The maximum absolute atomic E-state index is 13.2. The minimum Gasteiger partial charge on any atom is -0.504 e. The van der Waals surface area contributed by atoms with Crippen LogP contribution in [0.5, 0.6) is 28.7 Å². The van der Waals surface area contributed by atoms with Gasteiger partial charge in [-0.3, -0.25) is 9.59 Å². The average Bonchev–Trinajstić information content (AvgIpc) is 2.79. The second-order valence-corrected chi connectivity index (χ2v) is 7.59. The molecule has 1 aliphatic heterocycles. The van der Waals surface area contributed by atoms with E-state index in [0.717, 1.165) is 18.2 Å². The third kappa shape index (κ3) is 3.48. The molecule has 1 fully saturated rings. The topological polar surface area (TPSA) is 239 Å². The number of fused-ring (bicyclic) bond motifs is 1. The van der Waals surface area contributed by atoms with Crippen molar-refractivity contribution in [3.05, 3.63) is 40.1 Å². The van der Waals surface area contributed by atoms with E-state index in [2.05, 4.69) is 0 Å². The molecule has 1 aromatic heterocycles. The Balaban J connectivity index is 1.97. The largest absolute Gasteiger partial charge is 0.504 e. The molecule has 0 spiro atoms. The van der Waals surface area contributed by atoms with Crippen LogP contribution in [-0.2, 0) is 4.74 Å². The second kappa shape index (κ2) is 8.16. The molecule has 9 N–H and O–H groups in total.